The van der Waals surface area contributed by atoms with E-state index in [0.717, 1.165) is 16.9 Å². The maximum absolute atomic E-state index is 12.6. The third-order valence-corrected chi connectivity index (χ3v) is 4.41. The lowest BCUT2D eigenvalue weighted by Gasteiger charge is -2.21. The summed E-state index contributed by atoms with van der Waals surface area (Å²) in [6, 6.07) is 11.3. The van der Waals surface area contributed by atoms with Crippen LogP contribution < -0.4 is 14.8 Å². The first-order chi connectivity index (χ1) is 13.2. The minimum absolute atomic E-state index is 0.127. The van der Waals surface area contributed by atoms with Gasteiger partial charge in [-0.05, 0) is 36.8 Å². The van der Waals surface area contributed by atoms with Gasteiger partial charge >= 0.3 is 6.03 Å². The molecule has 0 aliphatic heterocycles. The number of carbonyl (C=O) groups excluding carboxylic acids is 1. The number of hydrogen-bond donors (Lipinski definition) is 1. The highest BCUT2D eigenvalue weighted by atomic mass is 16.5. The summed E-state index contributed by atoms with van der Waals surface area (Å²) in [7, 11) is 3.19. The molecule has 0 saturated heterocycles. The fraction of sp³-hybridized carbons (Fsp3) is 0.300. The van der Waals surface area contributed by atoms with Crippen LogP contribution in [0.2, 0.25) is 0 Å². The lowest BCUT2D eigenvalue weighted by molar-refractivity contribution is 0.197. The molecule has 0 spiro atoms. The second-order valence-corrected chi connectivity index (χ2v) is 6.04. The van der Waals surface area contributed by atoms with Gasteiger partial charge in [0.05, 0.1) is 32.7 Å². The third-order valence-electron chi connectivity index (χ3n) is 4.41. The molecular weight excluding hydrogens is 344 g/mol. The fourth-order valence-corrected chi connectivity index (χ4v) is 2.90. The molecule has 0 aliphatic carbocycles. The van der Waals surface area contributed by atoms with E-state index < -0.39 is 0 Å². The van der Waals surface area contributed by atoms with Gasteiger partial charge < -0.3 is 24.1 Å². The average Bonchev–Trinajstić information content (AvgIpc) is 3.12. The summed E-state index contributed by atoms with van der Waals surface area (Å²) in [5.41, 5.74) is 2.77. The van der Waals surface area contributed by atoms with E-state index in [0.29, 0.717) is 31.1 Å². The van der Waals surface area contributed by atoms with Gasteiger partial charge in [-0.25, -0.2) is 9.78 Å². The Hall–Kier alpha value is -3.22. The highest BCUT2D eigenvalue weighted by Crippen LogP contribution is 2.27. The molecule has 0 aliphatic rings. The van der Waals surface area contributed by atoms with Crippen molar-refractivity contribution in [1.29, 1.82) is 0 Å². The van der Waals surface area contributed by atoms with Gasteiger partial charge in [-0.1, -0.05) is 12.1 Å². The van der Waals surface area contributed by atoms with Gasteiger partial charge in [-0.2, -0.15) is 0 Å². The maximum Gasteiger partial charge on any atom is 0.318 e. The molecule has 142 valence electrons. The molecule has 2 heterocycles. The van der Waals surface area contributed by atoms with Gasteiger partial charge in [0.1, 0.15) is 5.65 Å². The number of aromatic nitrogens is 2. The molecule has 0 fully saturated rings. The molecule has 0 saturated carbocycles. The lowest BCUT2D eigenvalue weighted by Crippen LogP contribution is -2.39. The van der Waals surface area contributed by atoms with Gasteiger partial charge in [-0.15, -0.1) is 0 Å². The van der Waals surface area contributed by atoms with E-state index in [2.05, 4.69) is 10.3 Å². The third kappa shape index (κ3) is 4.13. The van der Waals surface area contributed by atoms with Crippen molar-refractivity contribution >= 4 is 11.7 Å². The minimum Gasteiger partial charge on any atom is -0.493 e. The van der Waals surface area contributed by atoms with Gasteiger partial charge in [0.2, 0.25) is 0 Å². The smallest absolute Gasteiger partial charge is 0.318 e. The van der Waals surface area contributed by atoms with Crippen molar-refractivity contribution in [3.05, 3.63) is 60.0 Å². The first-order valence-corrected chi connectivity index (χ1v) is 8.81. The van der Waals surface area contributed by atoms with Crippen LogP contribution in [0.5, 0.6) is 11.5 Å². The van der Waals surface area contributed by atoms with E-state index in [1.54, 1.807) is 25.3 Å². The predicted octanol–water partition coefficient (Wildman–Crippen LogP) is 3.08. The number of carbonyl (C=O) groups is 1. The molecule has 1 N–H and O–H groups in total. The van der Waals surface area contributed by atoms with Gasteiger partial charge in [0.25, 0.3) is 0 Å². The average molecular weight is 368 g/mol. The number of benzene rings is 1. The largest absolute Gasteiger partial charge is 0.493 e. The number of nitrogens with one attached hydrogen (secondary N) is 1. The number of rotatable bonds is 7. The van der Waals surface area contributed by atoms with Crippen LogP contribution in [-0.4, -0.2) is 41.1 Å². The van der Waals surface area contributed by atoms with Crippen LogP contribution in [-0.2, 0) is 13.1 Å². The Morgan fingerprint density at radius 1 is 1.19 bits per heavy atom. The van der Waals surface area contributed by atoms with E-state index in [1.807, 2.05) is 53.9 Å². The van der Waals surface area contributed by atoms with Crippen molar-refractivity contribution < 1.29 is 14.3 Å². The van der Waals surface area contributed by atoms with Crippen LogP contribution in [0.25, 0.3) is 5.65 Å². The number of imidazole rings is 1. The van der Waals surface area contributed by atoms with Crippen molar-refractivity contribution in [2.24, 2.45) is 0 Å². The molecule has 0 radical (unpaired) electrons. The van der Waals surface area contributed by atoms with Crippen LogP contribution in [0.15, 0.2) is 48.8 Å². The Balaban J connectivity index is 1.65. The first kappa shape index (κ1) is 18.6. The molecule has 2 aromatic heterocycles. The number of methoxy groups -OCH3 is 2. The highest BCUT2D eigenvalue weighted by molar-refractivity contribution is 5.74. The predicted molar refractivity (Wildman–Crippen MR) is 103 cm³/mol. The van der Waals surface area contributed by atoms with Gasteiger partial charge in [0.15, 0.2) is 11.5 Å². The van der Waals surface area contributed by atoms with Crippen LogP contribution in [0.4, 0.5) is 4.79 Å². The van der Waals surface area contributed by atoms with E-state index in [1.165, 1.54) is 0 Å². The molecule has 0 bridgehead atoms. The van der Waals surface area contributed by atoms with Gasteiger partial charge in [-0.3, -0.25) is 0 Å². The Kier molecular flexibility index (Phi) is 5.80. The first-order valence-electron chi connectivity index (χ1n) is 8.81. The van der Waals surface area contributed by atoms with Crippen molar-refractivity contribution in [3.8, 4) is 11.5 Å². The number of amides is 2. The Bertz CT molecular complexity index is 922. The molecule has 0 unspecified atom stereocenters. The van der Waals surface area contributed by atoms with E-state index in [-0.39, 0.29) is 6.03 Å². The molecule has 3 aromatic rings. The summed E-state index contributed by atoms with van der Waals surface area (Å²) in [6.45, 7) is 3.44. The number of ether oxygens (including phenoxy) is 2. The lowest BCUT2D eigenvalue weighted by atomic mass is 10.2. The number of fused-ring (bicyclic) bond motifs is 1. The summed E-state index contributed by atoms with van der Waals surface area (Å²) in [6.07, 6.45) is 3.76. The van der Waals surface area contributed by atoms with E-state index in [9.17, 15) is 4.79 Å². The van der Waals surface area contributed by atoms with Crippen LogP contribution in [0.3, 0.4) is 0 Å². The number of urea groups is 1. The zero-order valence-electron chi connectivity index (χ0n) is 15.8. The molecule has 1 aromatic carbocycles. The fourth-order valence-electron chi connectivity index (χ4n) is 2.90. The standard InChI is InChI=1S/C20H24N4O3/c1-4-23(14-16-13-21-19-7-5-6-10-24(16)19)20(25)22-12-15-8-9-17(26-2)18(11-15)27-3/h5-11,13H,4,12,14H2,1-3H3,(H,22,25). The molecule has 2 amide bonds. The van der Waals surface area contributed by atoms with Crippen LogP contribution in [0.1, 0.15) is 18.2 Å². The monoisotopic (exact) mass is 368 g/mol. The maximum atomic E-state index is 12.6. The summed E-state index contributed by atoms with van der Waals surface area (Å²) >= 11 is 0. The Morgan fingerprint density at radius 3 is 2.74 bits per heavy atom. The van der Waals surface area contributed by atoms with E-state index in [4.69, 9.17) is 9.47 Å². The summed E-state index contributed by atoms with van der Waals surface area (Å²) < 4.78 is 12.5. The van der Waals surface area contributed by atoms with E-state index >= 15 is 0 Å². The van der Waals surface area contributed by atoms with Crippen molar-refractivity contribution in [2.75, 3.05) is 20.8 Å². The van der Waals surface area contributed by atoms with Gasteiger partial charge in [0, 0.05) is 19.3 Å². The summed E-state index contributed by atoms with van der Waals surface area (Å²) in [5, 5.41) is 2.96. The summed E-state index contributed by atoms with van der Waals surface area (Å²) in [5.74, 6) is 1.30. The number of pyridine rings is 1. The summed E-state index contributed by atoms with van der Waals surface area (Å²) in [4.78, 5) is 18.7. The molecule has 27 heavy (non-hydrogen) atoms. The molecule has 7 nitrogen and oxygen atoms in total. The minimum atomic E-state index is -0.127. The Labute approximate surface area is 158 Å². The van der Waals surface area contributed by atoms with Crippen LogP contribution >= 0.6 is 0 Å². The topological polar surface area (TPSA) is 68.1 Å². The second kappa shape index (κ2) is 8.44. The molecule has 0 atom stereocenters. The number of hydrogen-bond acceptors (Lipinski definition) is 4. The molecule has 7 heteroatoms. The zero-order valence-corrected chi connectivity index (χ0v) is 15.8. The number of nitrogens with zero attached hydrogens (tertiary/aromatic N) is 3. The zero-order chi connectivity index (χ0) is 19.2. The molecular formula is C20H24N4O3. The van der Waals surface area contributed by atoms with Crippen LogP contribution in [0, 0.1) is 0 Å². The molecule has 3 rings (SSSR count). The second-order valence-electron chi connectivity index (χ2n) is 6.04. The van der Waals surface area contributed by atoms with Crippen molar-refractivity contribution in [3.63, 3.8) is 0 Å². The highest BCUT2D eigenvalue weighted by Gasteiger charge is 2.14. The van der Waals surface area contributed by atoms with Crippen molar-refractivity contribution in [1.82, 2.24) is 19.6 Å². The Morgan fingerprint density at radius 2 is 2.00 bits per heavy atom. The normalized spacial score (nSPS) is 10.6. The van der Waals surface area contributed by atoms with Crippen molar-refractivity contribution in [2.45, 2.75) is 20.0 Å². The SMILES string of the molecule is CCN(Cc1cnc2ccccn12)C(=O)NCc1ccc(OC)c(OC)c1. The quantitative estimate of drug-likeness (QED) is 0.696.